The Labute approximate surface area is 123 Å². The highest BCUT2D eigenvalue weighted by atomic mass is 16.1. The van der Waals surface area contributed by atoms with Crippen LogP contribution in [0.3, 0.4) is 0 Å². The van der Waals surface area contributed by atoms with Gasteiger partial charge in [-0.1, -0.05) is 6.07 Å². The van der Waals surface area contributed by atoms with Crippen LogP contribution in [0.25, 0.3) is 0 Å². The van der Waals surface area contributed by atoms with Crippen molar-refractivity contribution < 1.29 is 0 Å². The van der Waals surface area contributed by atoms with Gasteiger partial charge in [0.25, 0.3) is 5.56 Å². The number of nitrogen functional groups attached to an aromatic ring is 1. The van der Waals surface area contributed by atoms with Crippen molar-refractivity contribution in [3.63, 3.8) is 0 Å². The minimum atomic E-state index is -0.110. The van der Waals surface area contributed by atoms with E-state index in [1.807, 2.05) is 6.07 Å². The van der Waals surface area contributed by atoms with Gasteiger partial charge in [0.1, 0.15) is 5.82 Å². The van der Waals surface area contributed by atoms with Gasteiger partial charge in [-0.15, -0.1) is 0 Å². The highest BCUT2D eigenvalue weighted by Crippen LogP contribution is 2.17. The Morgan fingerprint density at radius 2 is 2.05 bits per heavy atom. The number of nitrogens with two attached hydrogens (primary N) is 1. The van der Waals surface area contributed by atoms with E-state index in [0.29, 0.717) is 12.4 Å². The number of rotatable bonds is 3. The van der Waals surface area contributed by atoms with Crippen LogP contribution in [0.2, 0.25) is 0 Å². The third kappa shape index (κ3) is 3.04. The van der Waals surface area contributed by atoms with Crippen LogP contribution in [0.4, 0.5) is 11.5 Å². The molecule has 6 nitrogen and oxygen atoms in total. The minimum absolute atomic E-state index is 0.110. The summed E-state index contributed by atoms with van der Waals surface area (Å²) in [7, 11) is 0. The lowest BCUT2D eigenvalue weighted by atomic mass is 10.1. The Morgan fingerprint density at radius 3 is 2.76 bits per heavy atom. The molecule has 1 fully saturated rings. The van der Waals surface area contributed by atoms with E-state index in [-0.39, 0.29) is 5.56 Å². The number of hydrogen-bond acceptors (Lipinski definition) is 5. The molecule has 21 heavy (non-hydrogen) atoms. The summed E-state index contributed by atoms with van der Waals surface area (Å²) in [4.78, 5) is 18.5. The Balaban J connectivity index is 1.81. The molecule has 0 aliphatic carbocycles. The third-order valence-electron chi connectivity index (χ3n) is 3.82. The summed E-state index contributed by atoms with van der Waals surface area (Å²) in [5.41, 5.74) is 7.41. The fourth-order valence-electron chi connectivity index (χ4n) is 2.61. The summed E-state index contributed by atoms with van der Waals surface area (Å²) in [6.45, 7) is 2.35. The van der Waals surface area contributed by atoms with Gasteiger partial charge < -0.3 is 10.6 Å². The van der Waals surface area contributed by atoms with Gasteiger partial charge in [0.2, 0.25) is 0 Å². The van der Waals surface area contributed by atoms with Gasteiger partial charge in [-0.05, 0) is 25.3 Å². The average molecular weight is 285 g/mol. The van der Waals surface area contributed by atoms with Crippen molar-refractivity contribution in [3.05, 3.63) is 46.5 Å². The molecule has 0 radical (unpaired) electrons. The topological polar surface area (TPSA) is 77.0 Å². The van der Waals surface area contributed by atoms with Crippen LogP contribution in [0.15, 0.2) is 35.4 Å². The zero-order chi connectivity index (χ0) is 14.7. The summed E-state index contributed by atoms with van der Waals surface area (Å²) in [5.74, 6) is 0.436. The van der Waals surface area contributed by atoms with Crippen molar-refractivity contribution in [2.45, 2.75) is 25.8 Å². The molecule has 2 aromatic heterocycles. The third-order valence-corrected chi connectivity index (χ3v) is 3.82. The van der Waals surface area contributed by atoms with E-state index in [1.54, 1.807) is 24.5 Å². The zero-order valence-corrected chi connectivity index (χ0v) is 11.9. The summed E-state index contributed by atoms with van der Waals surface area (Å²) in [6, 6.07) is 5.32. The van der Waals surface area contributed by atoms with Crippen LogP contribution in [0.5, 0.6) is 0 Å². The molecule has 0 unspecified atom stereocenters. The van der Waals surface area contributed by atoms with Crippen molar-refractivity contribution in [1.82, 2.24) is 14.8 Å². The van der Waals surface area contributed by atoms with Crippen LogP contribution in [0, 0.1) is 0 Å². The maximum Gasteiger partial charge on any atom is 0.269 e. The molecule has 2 aromatic rings. The molecule has 3 rings (SSSR count). The Bertz CT molecular complexity index is 676. The molecule has 0 aromatic carbocycles. The first-order valence-electron chi connectivity index (χ1n) is 7.25. The molecule has 6 heteroatoms. The number of aromatic nitrogens is 3. The molecule has 0 spiro atoms. The molecular weight excluding hydrogens is 266 g/mol. The highest BCUT2D eigenvalue weighted by Gasteiger charge is 2.12. The normalized spacial score (nSPS) is 15.1. The van der Waals surface area contributed by atoms with E-state index in [9.17, 15) is 4.79 Å². The lowest BCUT2D eigenvalue weighted by Crippen LogP contribution is -2.32. The van der Waals surface area contributed by atoms with Crippen molar-refractivity contribution in [3.8, 4) is 0 Å². The van der Waals surface area contributed by atoms with Crippen LogP contribution >= 0.6 is 0 Å². The summed E-state index contributed by atoms with van der Waals surface area (Å²) in [6.07, 6.45) is 7.01. The molecule has 1 aliphatic rings. The number of pyridine rings is 1. The molecule has 1 saturated heterocycles. The summed E-state index contributed by atoms with van der Waals surface area (Å²) >= 11 is 0. The second kappa shape index (κ2) is 5.95. The van der Waals surface area contributed by atoms with Gasteiger partial charge in [0.15, 0.2) is 0 Å². The van der Waals surface area contributed by atoms with Crippen molar-refractivity contribution in [2.75, 3.05) is 23.7 Å². The number of anilines is 2. The van der Waals surface area contributed by atoms with Crippen LogP contribution in [-0.2, 0) is 6.54 Å². The van der Waals surface area contributed by atoms with Gasteiger partial charge in [-0.3, -0.25) is 4.79 Å². The molecule has 3 heterocycles. The second-order valence-electron chi connectivity index (χ2n) is 5.31. The molecule has 1 aliphatic heterocycles. The van der Waals surface area contributed by atoms with Gasteiger partial charge >= 0.3 is 0 Å². The van der Waals surface area contributed by atoms with E-state index < -0.39 is 0 Å². The van der Waals surface area contributed by atoms with E-state index in [2.05, 4.69) is 15.0 Å². The lowest BCUT2D eigenvalue weighted by molar-refractivity contribution is 0.571. The number of nitrogens with zero attached hydrogens (tertiary/aromatic N) is 4. The first kappa shape index (κ1) is 13.6. The largest absolute Gasteiger partial charge is 0.383 e. The van der Waals surface area contributed by atoms with E-state index in [1.165, 1.54) is 23.9 Å². The smallest absolute Gasteiger partial charge is 0.269 e. The standard InChI is InChI=1S/C15H19N5O/c16-15-12(5-4-6-17-15)11-20-14(21)9-13(10-18-20)19-7-2-1-3-8-19/h4-6,9-10H,1-3,7-8,11H2,(H2,16,17). The van der Waals surface area contributed by atoms with Crippen LogP contribution in [-0.4, -0.2) is 27.9 Å². The maximum atomic E-state index is 12.2. The SMILES string of the molecule is Nc1ncccc1Cn1ncc(N2CCCCC2)cc1=O. The predicted octanol–water partition coefficient (Wildman–Crippen LogP) is 1.26. The maximum absolute atomic E-state index is 12.2. The number of piperidine rings is 1. The fraction of sp³-hybridized carbons (Fsp3) is 0.400. The molecule has 0 bridgehead atoms. The van der Waals surface area contributed by atoms with E-state index in [4.69, 9.17) is 5.73 Å². The zero-order valence-electron chi connectivity index (χ0n) is 11.9. The van der Waals surface area contributed by atoms with Gasteiger partial charge in [0.05, 0.1) is 18.4 Å². The van der Waals surface area contributed by atoms with Crippen molar-refractivity contribution in [1.29, 1.82) is 0 Å². The Kier molecular flexibility index (Phi) is 3.85. The summed E-state index contributed by atoms with van der Waals surface area (Å²) < 4.78 is 1.42. The monoisotopic (exact) mass is 285 g/mol. The molecule has 2 N–H and O–H groups in total. The lowest BCUT2D eigenvalue weighted by Gasteiger charge is -2.28. The first-order chi connectivity index (χ1) is 10.2. The summed E-state index contributed by atoms with van der Waals surface area (Å²) in [5, 5.41) is 4.27. The van der Waals surface area contributed by atoms with Crippen molar-refractivity contribution in [2.24, 2.45) is 0 Å². The van der Waals surface area contributed by atoms with Crippen molar-refractivity contribution >= 4 is 11.5 Å². The van der Waals surface area contributed by atoms with Crippen LogP contribution in [0.1, 0.15) is 24.8 Å². The van der Waals surface area contributed by atoms with Gasteiger partial charge in [-0.2, -0.15) is 5.10 Å². The fourth-order valence-corrected chi connectivity index (χ4v) is 2.61. The molecule has 110 valence electrons. The van der Waals surface area contributed by atoms with Gasteiger partial charge in [-0.25, -0.2) is 9.67 Å². The molecule has 0 amide bonds. The van der Waals surface area contributed by atoms with Crippen LogP contribution < -0.4 is 16.2 Å². The molecule has 0 saturated carbocycles. The molecule has 0 atom stereocenters. The predicted molar refractivity (Wildman–Crippen MR) is 82.3 cm³/mol. The van der Waals surface area contributed by atoms with Gasteiger partial charge in [0, 0.05) is 30.9 Å². The average Bonchev–Trinajstić information content (AvgIpc) is 2.52. The van der Waals surface area contributed by atoms with E-state index >= 15 is 0 Å². The highest BCUT2D eigenvalue weighted by molar-refractivity contribution is 5.43. The minimum Gasteiger partial charge on any atom is -0.383 e. The Hall–Kier alpha value is -2.37. The molecular formula is C15H19N5O. The Morgan fingerprint density at radius 1 is 1.24 bits per heavy atom. The van der Waals surface area contributed by atoms with E-state index in [0.717, 1.165) is 24.3 Å². The quantitative estimate of drug-likeness (QED) is 0.918. The second-order valence-corrected chi connectivity index (χ2v) is 5.31. The first-order valence-corrected chi connectivity index (χ1v) is 7.25. The number of hydrogen-bond donors (Lipinski definition) is 1.